The molecule has 0 saturated heterocycles. The molecule has 2 rings (SSSR count). The Hall–Kier alpha value is -3.16. The standard InChI is InChI=1S/C16H16N2O6/c1-9-13(7-24-8-19)15(14(16(20)21)10(2)17-9)11-4-3-5-12(6-11)18(22)23/h3-6,8,15,17H,7H2,1-2H3,(H,20,21). The van der Waals surface area contributed by atoms with E-state index in [0.29, 0.717) is 22.5 Å². The number of carboxylic acids is 1. The minimum atomic E-state index is -1.15. The molecule has 8 nitrogen and oxygen atoms in total. The number of benzene rings is 1. The second-order valence-corrected chi connectivity index (χ2v) is 5.31. The van der Waals surface area contributed by atoms with E-state index in [2.05, 4.69) is 5.32 Å². The van der Waals surface area contributed by atoms with Crippen LogP contribution in [0.15, 0.2) is 46.8 Å². The van der Waals surface area contributed by atoms with Crippen molar-refractivity contribution in [3.8, 4) is 0 Å². The second-order valence-electron chi connectivity index (χ2n) is 5.31. The molecule has 0 amide bonds. The van der Waals surface area contributed by atoms with Crippen LogP contribution in [-0.2, 0) is 14.3 Å². The maximum Gasteiger partial charge on any atom is 0.334 e. The lowest BCUT2D eigenvalue weighted by atomic mass is 9.80. The minimum Gasteiger partial charge on any atom is -0.478 e. The first-order valence-electron chi connectivity index (χ1n) is 7.07. The van der Waals surface area contributed by atoms with Crippen LogP contribution >= 0.6 is 0 Å². The molecule has 2 N–H and O–H groups in total. The van der Waals surface area contributed by atoms with Crippen molar-refractivity contribution < 1.29 is 24.4 Å². The van der Waals surface area contributed by atoms with E-state index in [1.54, 1.807) is 19.9 Å². The fourth-order valence-corrected chi connectivity index (χ4v) is 2.82. The van der Waals surface area contributed by atoms with Gasteiger partial charge in [-0.1, -0.05) is 12.1 Å². The lowest BCUT2D eigenvalue weighted by molar-refractivity contribution is -0.384. The van der Waals surface area contributed by atoms with Gasteiger partial charge in [-0.05, 0) is 25.0 Å². The third kappa shape index (κ3) is 3.27. The summed E-state index contributed by atoms with van der Waals surface area (Å²) in [6.45, 7) is 3.51. The smallest absolute Gasteiger partial charge is 0.334 e. The number of hydrogen-bond acceptors (Lipinski definition) is 6. The summed E-state index contributed by atoms with van der Waals surface area (Å²) in [7, 11) is 0. The molecule has 1 heterocycles. The Bertz CT molecular complexity index is 766. The second kappa shape index (κ2) is 6.95. The first-order chi connectivity index (χ1) is 11.4. The van der Waals surface area contributed by atoms with Crippen molar-refractivity contribution in [2.45, 2.75) is 19.8 Å². The van der Waals surface area contributed by atoms with Gasteiger partial charge in [0.25, 0.3) is 12.2 Å². The van der Waals surface area contributed by atoms with Crippen LogP contribution < -0.4 is 5.32 Å². The summed E-state index contributed by atoms with van der Waals surface area (Å²) in [4.78, 5) is 32.7. The van der Waals surface area contributed by atoms with Crippen LogP contribution in [0.5, 0.6) is 0 Å². The number of carbonyl (C=O) groups excluding carboxylic acids is 1. The topological polar surface area (TPSA) is 119 Å². The van der Waals surface area contributed by atoms with E-state index in [0.717, 1.165) is 0 Å². The molecule has 24 heavy (non-hydrogen) atoms. The van der Waals surface area contributed by atoms with Gasteiger partial charge in [0.05, 0.1) is 10.5 Å². The molecular formula is C16H16N2O6. The number of rotatable bonds is 6. The van der Waals surface area contributed by atoms with Gasteiger partial charge in [-0.2, -0.15) is 0 Å². The molecule has 1 aliphatic rings. The number of nitrogens with zero attached hydrogens (tertiary/aromatic N) is 1. The first-order valence-corrected chi connectivity index (χ1v) is 7.07. The van der Waals surface area contributed by atoms with Gasteiger partial charge >= 0.3 is 5.97 Å². The quantitative estimate of drug-likeness (QED) is 0.465. The van der Waals surface area contributed by atoms with Crippen molar-refractivity contribution in [2.75, 3.05) is 6.61 Å². The average molecular weight is 332 g/mol. The van der Waals surface area contributed by atoms with E-state index in [9.17, 15) is 24.8 Å². The average Bonchev–Trinajstić information content (AvgIpc) is 2.53. The molecule has 0 aromatic heterocycles. The van der Waals surface area contributed by atoms with Crippen LogP contribution in [0.2, 0.25) is 0 Å². The number of hydrogen-bond donors (Lipinski definition) is 2. The van der Waals surface area contributed by atoms with Crippen LogP contribution in [0.4, 0.5) is 5.69 Å². The summed E-state index contributed by atoms with van der Waals surface area (Å²) >= 11 is 0. The molecule has 1 aromatic carbocycles. The van der Waals surface area contributed by atoms with Crippen LogP contribution in [0.25, 0.3) is 0 Å². The van der Waals surface area contributed by atoms with Gasteiger partial charge in [0.1, 0.15) is 6.61 Å². The van der Waals surface area contributed by atoms with Gasteiger partial charge in [-0.25, -0.2) is 4.79 Å². The molecule has 0 saturated carbocycles. The number of aliphatic carboxylic acids is 1. The first kappa shape index (κ1) is 17.2. The maximum atomic E-state index is 11.7. The van der Waals surface area contributed by atoms with Crippen LogP contribution in [-0.4, -0.2) is 29.1 Å². The van der Waals surface area contributed by atoms with E-state index in [4.69, 9.17) is 4.74 Å². The van der Waals surface area contributed by atoms with Crippen molar-refractivity contribution in [2.24, 2.45) is 0 Å². The summed E-state index contributed by atoms with van der Waals surface area (Å²) in [6.07, 6.45) is 0. The van der Waals surface area contributed by atoms with E-state index in [1.165, 1.54) is 18.2 Å². The third-order valence-corrected chi connectivity index (χ3v) is 3.85. The zero-order valence-electron chi connectivity index (χ0n) is 13.1. The molecule has 8 heteroatoms. The van der Waals surface area contributed by atoms with Gasteiger partial charge < -0.3 is 15.2 Å². The molecule has 1 unspecified atom stereocenters. The number of nitro benzene ring substituents is 1. The van der Waals surface area contributed by atoms with Crippen molar-refractivity contribution >= 4 is 18.1 Å². The monoisotopic (exact) mass is 332 g/mol. The number of nitro groups is 1. The Balaban J connectivity index is 2.62. The number of carbonyl (C=O) groups is 2. The maximum absolute atomic E-state index is 11.7. The molecule has 126 valence electrons. The highest BCUT2D eigenvalue weighted by molar-refractivity contribution is 5.91. The minimum absolute atomic E-state index is 0.0607. The highest BCUT2D eigenvalue weighted by Gasteiger charge is 2.33. The Morgan fingerprint density at radius 3 is 2.71 bits per heavy atom. The largest absolute Gasteiger partial charge is 0.478 e. The lowest BCUT2D eigenvalue weighted by Crippen LogP contribution is -2.29. The van der Waals surface area contributed by atoms with Crippen LogP contribution in [0, 0.1) is 10.1 Å². The predicted octanol–water partition coefficient (Wildman–Crippen LogP) is 2.09. The zero-order chi connectivity index (χ0) is 17.9. The molecular weight excluding hydrogens is 316 g/mol. The van der Waals surface area contributed by atoms with Crippen molar-refractivity contribution in [1.82, 2.24) is 5.32 Å². The molecule has 0 bridgehead atoms. The van der Waals surface area contributed by atoms with Crippen molar-refractivity contribution in [3.05, 3.63) is 62.5 Å². The summed E-state index contributed by atoms with van der Waals surface area (Å²) in [5.41, 5.74) is 1.99. The Kier molecular flexibility index (Phi) is 4.98. The highest BCUT2D eigenvalue weighted by atomic mass is 16.6. The Morgan fingerprint density at radius 2 is 2.12 bits per heavy atom. The zero-order valence-corrected chi connectivity index (χ0v) is 13.1. The van der Waals surface area contributed by atoms with Gasteiger partial charge in [-0.15, -0.1) is 0 Å². The Labute approximate surface area is 137 Å². The van der Waals surface area contributed by atoms with Gasteiger partial charge in [0.15, 0.2) is 0 Å². The van der Waals surface area contributed by atoms with E-state index in [-0.39, 0.29) is 24.3 Å². The molecule has 0 radical (unpaired) electrons. The number of carboxylic acid groups (broad SMARTS) is 1. The summed E-state index contributed by atoms with van der Waals surface area (Å²) in [5, 5.41) is 23.6. The van der Waals surface area contributed by atoms with Crippen molar-refractivity contribution in [3.63, 3.8) is 0 Å². The SMILES string of the molecule is CC1=C(COC=O)C(c2cccc([N+](=O)[O-])c2)C(C(=O)O)=C(C)N1. The molecule has 1 aromatic rings. The lowest BCUT2D eigenvalue weighted by Gasteiger charge is -2.30. The van der Waals surface area contributed by atoms with Gasteiger partial charge in [-0.3, -0.25) is 14.9 Å². The van der Waals surface area contributed by atoms with Crippen molar-refractivity contribution in [1.29, 1.82) is 0 Å². The number of ether oxygens (including phenoxy) is 1. The van der Waals surface area contributed by atoms with E-state index < -0.39 is 16.8 Å². The van der Waals surface area contributed by atoms with E-state index in [1.807, 2.05) is 0 Å². The molecule has 1 aliphatic heterocycles. The molecule has 0 aliphatic carbocycles. The fourth-order valence-electron chi connectivity index (χ4n) is 2.82. The Morgan fingerprint density at radius 1 is 1.42 bits per heavy atom. The number of allylic oxidation sites excluding steroid dienone is 2. The predicted molar refractivity (Wildman–Crippen MR) is 84.0 cm³/mol. The number of dihydropyridines is 1. The highest BCUT2D eigenvalue weighted by Crippen LogP contribution is 2.39. The molecule has 0 fully saturated rings. The normalized spacial score (nSPS) is 17.3. The number of non-ortho nitro benzene ring substituents is 1. The summed E-state index contributed by atoms with van der Waals surface area (Å²) < 4.78 is 4.81. The molecule has 0 spiro atoms. The summed E-state index contributed by atoms with van der Waals surface area (Å²) in [6, 6.07) is 5.78. The van der Waals surface area contributed by atoms with Crippen LogP contribution in [0.3, 0.4) is 0 Å². The molecule has 1 atom stereocenters. The van der Waals surface area contributed by atoms with Gasteiger partial charge in [0.2, 0.25) is 0 Å². The summed E-state index contributed by atoms with van der Waals surface area (Å²) in [5.74, 6) is -1.89. The van der Waals surface area contributed by atoms with Crippen LogP contribution in [0.1, 0.15) is 25.3 Å². The van der Waals surface area contributed by atoms with E-state index >= 15 is 0 Å². The fraction of sp³-hybridized carbons (Fsp3) is 0.250. The number of nitrogens with one attached hydrogen (secondary N) is 1. The third-order valence-electron chi connectivity index (χ3n) is 3.85. The van der Waals surface area contributed by atoms with Gasteiger partial charge in [0, 0.05) is 29.4 Å².